The van der Waals surface area contributed by atoms with Crippen molar-refractivity contribution in [2.24, 2.45) is 0 Å². The van der Waals surface area contributed by atoms with Gasteiger partial charge in [-0.1, -0.05) is 22.0 Å². The summed E-state index contributed by atoms with van der Waals surface area (Å²) in [6.07, 6.45) is 4.94. The number of pyridine rings is 1. The van der Waals surface area contributed by atoms with Crippen LogP contribution in [-0.4, -0.2) is 5.78 Å². The van der Waals surface area contributed by atoms with Crippen molar-refractivity contribution in [1.82, 2.24) is 0 Å². The number of carbonyl (C=O) groups excluding carboxylic acids is 1. The molecule has 5 heteroatoms. The van der Waals surface area contributed by atoms with E-state index >= 15 is 0 Å². The highest BCUT2D eigenvalue weighted by molar-refractivity contribution is 9.10. The summed E-state index contributed by atoms with van der Waals surface area (Å²) in [5, 5.41) is 0. The van der Waals surface area contributed by atoms with E-state index in [4.69, 9.17) is 5.73 Å². The van der Waals surface area contributed by atoms with Crippen molar-refractivity contribution < 1.29 is 21.8 Å². The zero-order valence-corrected chi connectivity index (χ0v) is 12.3. The van der Waals surface area contributed by atoms with Gasteiger partial charge in [0.05, 0.1) is 12.4 Å². The fourth-order valence-electron chi connectivity index (χ4n) is 1.46. The fourth-order valence-corrected chi connectivity index (χ4v) is 1.73. The van der Waals surface area contributed by atoms with Crippen molar-refractivity contribution in [3.05, 3.63) is 64.8 Å². The molecule has 2 aromatic rings. The molecule has 0 bridgehead atoms. The van der Waals surface area contributed by atoms with Gasteiger partial charge in [-0.15, -0.1) is 0 Å². The topological polar surface area (TPSA) is 47.0 Å². The van der Waals surface area contributed by atoms with Crippen molar-refractivity contribution in [3.8, 4) is 0 Å². The number of benzene rings is 1. The van der Waals surface area contributed by atoms with Crippen LogP contribution in [0.3, 0.4) is 0 Å². The molecule has 0 radical (unpaired) electrons. The third-order valence-electron chi connectivity index (χ3n) is 2.44. The number of hydrogen-bond donors (Lipinski definition) is 1. The Morgan fingerprint density at radius 1 is 1.16 bits per heavy atom. The zero-order valence-electron chi connectivity index (χ0n) is 9.96. The lowest BCUT2D eigenvalue weighted by Gasteiger charge is -1.97. The second kappa shape index (κ2) is 7.07. The number of halogens is 2. The van der Waals surface area contributed by atoms with Crippen LogP contribution in [0.5, 0.6) is 0 Å². The summed E-state index contributed by atoms with van der Waals surface area (Å²) in [5.74, 6) is 0.524. The number of ketones is 1. The Balaban J connectivity index is 0.00000180. The smallest absolute Gasteiger partial charge is 0.276 e. The zero-order chi connectivity index (χ0) is 13.0. The van der Waals surface area contributed by atoms with E-state index in [2.05, 4.69) is 15.9 Å². The molecule has 0 saturated carbocycles. The lowest BCUT2D eigenvalue weighted by Crippen LogP contribution is -3.00. The Morgan fingerprint density at radius 3 is 2.47 bits per heavy atom. The van der Waals surface area contributed by atoms with E-state index < -0.39 is 0 Å². The second-order valence-electron chi connectivity index (χ2n) is 3.72. The monoisotopic (exact) mass is 338 g/mol. The SMILES string of the molecule is Nc1cccc[n+]1/C=C/C(=O)c1ccc(Br)cc1.[Cl-]. The maximum Gasteiger partial charge on any atom is 0.276 e. The van der Waals surface area contributed by atoms with Gasteiger partial charge in [0.1, 0.15) is 0 Å². The first-order chi connectivity index (χ1) is 8.66. The van der Waals surface area contributed by atoms with Crippen LogP contribution >= 0.6 is 15.9 Å². The minimum Gasteiger partial charge on any atom is -1.00 e. The van der Waals surface area contributed by atoms with Crippen molar-refractivity contribution in [2.45, 2.75) is 0 Å². The van der Waals surface area contributed by atoms with E-state index in [0.717, 1.165) is 4.47 Å². The van der Waals surface area contributed by atoms with Gasteiger partial charge in [-0.2, -0.15) is 0 Å². The number of allylic oxidation sites excluding steroid dienone is 1. The molecule has 0 aliphatic rings. The van der Waals surface area contributed by atoms with Gasteiger partial charge in [0.25, 0.3) is 5.82 Å². The number of nitrogens with zero attached hydrogens (tertiary/aromatic N) is 1. The first-order valence-electron chi connectivity index (χ1n) is 5.40. The third kappa shape index (κ3) is 4.19. The van der Waals surface area contributed by atoms with Gasteiger partial charge < -0.3 is 12.4 Å². The molecule has 2 N–H and O–H groups in total. The molecule has 0 atom stereocenters. The number of anilines is 1. The quantitative estimate of drug-likeness (QED) is 0.473. The summed E-state index contributed by atoms with van der Waals surface area (Å²) >= 11 is 3.33. The second-order valence-corrected chi connectivity index (χ2v) is 4.64. The minimum absolute atomic E-state index is 0. The van der Waals surface area contributed by atoms with Gasteiger partial charge in [0.2, 0.25) is 0 Å². The van der Waals surface area contributed by atoms with Crippen molar-refractivity contribution in [1.29, 1.82) is 0 Å². The molecule has 19 heavy (non-hydrogen) atoms. The molecule has 0 fully saturated rings. The highest BCUT2D eigenvalue weighted by Gasteiger charge is 2.03. The Kier molecular flexibility index (Phi) is 5.73. The summed E-state index contributed by atoms with van der Waals surface area (Å²) in [4.78, 5) is 11.9. The van der Waals surface area contributed by atoms with Crippen LogP contribution in [0.25, 0.3) is 6.20 Å². The van der Waals surface area contributed by atoms with Gasteiger partial charge >= 0.3 is 0 Å². The molecular weight excluding hydrogens is 328 g/mol. The predicted octanol–water partition coefficient (Wildman–Crippen LogP) is -0.324. The summed E-state index contributed by atoms with van der Waals surface area (Å²) in [6.45, 7) is 0. The summed E-state index contributed by atoms with van der Waals surface area (Å²) in [6, 6.07) is 12.7. The number of hydrogen-bond acceptors (Lipinski definition) is 2. The van der Waals surface area contributed by atoms with Gasteiger partial charge in [-0.3, -0.25) is 10.5 Å². The Labute approximate surface area is 126 Å². The van der Waals surface area contributed by atoms with Crippen LogP contribution in [0.2, 0.25) is 0 Å². The Morgan fingerprint density at radius 2 is 1.84 bits per heavy atom. The first kappa shape index (κ1) is 15.4. The van der Waals surface area contributed by atoms with Crippen LogP contribution in [0.4, 0.5) is 5.82 Å². The molecule has 0 amide bonds. The van der Waals surface area contributed by atoms with Gasteiger partial charge in [-0.05, 0) is 30.3 Å². The van der Waals surface area contributed by atoms with Gasteiger partial charge in [-0.25, -0.2) is 4.57 Å². The molecule has 3 nitrogen and oxygen atoms in total. The Hall–Kier alpha value is -1.65. The highest BCUT2D eigenvalue weighted by Crippen LogP contribution is 2.11. The third-order valence-corrected chi connectivity index (χ3v) is 2.97. The average Bonchev–Trinajstić information content (AvgIpc) is 2.38. The largest absolute Gasteiger partial charge is 1.00 e. The molecule has 1 aromatic heterocycles. The first-order valence-corrected chi connectivity index (χ1v) is 6.20. The van der Waals surface area contributed by atoms with E-state index in [0.29, 0.717) is 11.4 Å². The van der Waals surface area contributed by atoms with Crippen LogP contribution in [0.1, 0.15) is 10.4 Å². The van der Waals surface area contributed by atoms with Crippen LogP contribution in [0, 0.1) is 0 Å². The van der Waals surface area contributed by atoms with Gasteiger partial charge in [0, 0.05) is 22.2 Å². The number of aromatic nitrogens is 1. The van der Waals surface area contributed by atoms with E-state index in [1.165, 1.54) is 6.08 Å². The van der Waals surface area contributed by atoms with Crippen molar-refractivity contribution in [2.75, 3.05) is 5.73 Å². The van der Waals surface area contributed by atoms with E-state index in [1.807, 2.05) is 24.3 Å². The maximum atomic E-state index is 11.9. The molecule has 0 saturated heterocycles. The molecule has 1 heterocycles. The number of nitrogens with two attached hydrogens (primary N) is 1. The molecule has 1 aromatic carbocycles. The number of carbonyl (C=O) groups is 1. The van der Waals surface area contributed by atoms with E-state index in [-0.39, 0.29) is 18.2 Å². The summed E-state index contributed by atoms with van der Waals surface area (Å²) in [5.41, 5.74) is 6.40. The molecule has 0 aliphatic carbocycles. The fraction of sp³-hybridized carbons (Fsp3) is 0. The molecule has 0 unspecified atom stereocenters. The van der Waals surface area contributed by atoms with Crippen molar-refractivity contribution >= 4 is 33.7 Å². The molecule has 2 rings (SSSR count). The van der Waals surface area contributed by atoms with Crippen LogP contribution in [-0.2, 0) is 0 Å². The van der Waals surface area contributed by atoms with E-state index in [1.54, 1.807) is 35.2 Å². The normalized spacial score (nSPS) is 10.2. The molecule has 0 aliphatic heterocycles. The standard InChI is InChI=1S/C14H11BrN2O.ClH/c15-12-6-4-11(5-7-12)13(18)8-10-17-9-2-1-3-14(17)16;/h1-10,16H;1H/b10-8+;. The van der Waals surface area contributed by atoms with Crippen LogP contribution in [0.15, 0.2) is 59.2 Å². The minimum atomic E-state index is -0.0572. The molecule has 98 valence electrons. The van der Waals surface area contributed by atoms with Crippen LogP contribution < -0.4 is 22.7 Å². The average molecular weight is 340 g/mol. The highest BCUT2D eigenvalue weighted by atomic mass is 79.9. The van der Waals surface area contributed by atoms with E-state index in [9.17, 15) is 4.79 Å². The molecular formula is C14H12BrClN2O. The lowest BCUT2D eigenvalue weighted by atomic mass is 10.1. The van der Waals surface area contributed by atoms with Crippen molar-refractivity contribution in [3.63, 3.8) is 0 Å². The number of nitrogen functional groups attached to an aromatic ring is 1. The molecule has 0 spiro atoms. The maximum absolute atomic E-state index is 11.9. The lowest BCUT2D eigenvalue weighted by molar-refractivity contribution is -0.552. The number of rotatable bonds is 3. The Bertz CT molecular complexity index is 597. The summed E-state index contributed by atoms with van der Waals surface area (Å²) in [7, 11) is 0. The van der Waals surface area contributed by atoms with Gasteiger partial charge in [0.15, 0.2) is 5.78 Å². The summed E-state index contributed by atoms with van der Waals surface area (Å²) < 4.78 is 2.64. The predicted molar refractivity (Wildman–Crippen MR) is 74.9 cm³/mol.